The Labute approximate surface area is 114 Å². The number of aryl methyl sites for hydroxylation is 2. The van der Waals surface area contributed by atoms with Crippen molar-refractivity contribution in [3.63, 3.8) is 0 Å². The second-order valence-electron chi connectivity index (χ2n) is 4.77. The molecule has 0 aliphatic carbocycles. The van der Waals surface area contributed by atoms with E-state index in [9.17, 15) is 9.59 Å². The Morgan fingerprint density at radius 2 is 1.70 bits per heavy atom. The summed E-state index contributed by atoms with van der Waals surface area (Å²) in [5, 5.41) is 0.499. The van der Waals surface area contributed by atoms with Crippen LogP contribution in [0.1, 0.15) is 11.3 Å². The smallest absolute Gasteiger partial charge is 0.268 e. The van der Waals surface area contributed by atoms with Gasteiger partial charge in [-0.3, -0.25) is 9.78 Å². The van der Waals surface area contributed by atoms with Gasteiger partial charge in [-0.2, -0.15) is 9.55 Å². The molecule has 0 unspecified atom stereocenters. The molecule has 0 saturated heterocycles. The highest BCUT2D eigenvalue weighted by Crippen LogP contribution is 2.12. The van der Waals surface area contributed by atoms with Gasteiger partial charge in [0.1, 0.15) is 16.8 Å². The Hall–Kier alpha value is -2.69. The normalized spacial score (nSPS) is 10.9. The van der Waals surface area contributed by atoms with Gasteiger partial charge >= 0.3 is 11.3 Å². The van der Waals surface area contributed by atoms with Crippen molar-refractivity contribution in [2.24, 2.45) is 0 Å². The summed E-state index contributed by atoms with van der Waals surface area (Å²) in [6, 6.07) is 11.5. The van der Waals surface area contributed by atoms with Gasteiger partial charge in [-0.15, -0.1) is 0 Å². The van der Waals surface area contributed by atoms with Crippen molar-refractivity contribution in [1.29, 1.82) is 0 Å². The lowest BCUT2D eigenvalue weighted by Gasteiger charge is -2.08. The topological polar surface area (TPSA) is 69.6 Å². The first-order valence-electron chi connectivity index (χ1n) is 6.32. The molecule has 0 fully saturated rings. The lowest BCUT2D eigenvalue weighted by Crippen LogP contribution is -2.40. The molecule has 0 amide bonds. The van der Waals surface area contributed by atoms with Gasteiger partial charge in [0, 0.05) is 0 Å². The van der Waals surface area contributed by atoms with Gasteiger partial charge in [-0.1, -0.05) is 18.2 Å². The standard InChI is InChI=1S/C15H13N3O2/c1-9-8-10(2)18(11-6-4-3-5-7-11)13-12(9)14(19)17-15(20)16-13/h3-8H,1-2H3,(H,17,19,20)/p+1. The van der Waals surface area contributed by atoms with E-state index in [4.69, 9.17) is 0 Å². The Morgan fingerprint density at radius 3 is 2.40 bits per heavy atom. The molecule has 2 heterocycles. The number of H-pyrrole nitrogens is 2. The number of fused-ring (bicyclic) bond motifs is 1. The Bertz CT molecular complexity index is 908. The van der Waals surface area contributed by atoms with E-state index in [-0.39, 0.29) is 5.56 Å². The van der Waals surface area contributed by atoms with E-state index in [0.717, 1.165) is 16.9 Å². The molecule has 0 saturated carbocycles. The molecule has 2 aromatic heterocycles. The molecule has 0 spiro atoms. The molecule has 0 atom stereocenters. The fraction of sp³-hybridized carbons (Fsp3) is 0.133. The van der Waals surface area contributed by atoms with Crippen LogP contribution in [0, 0.1) is 13.8 Å². The first-order valence-corrected chi connectivity index (χ1v) is 6.32. The summed E-state index contributed by atoms with van der Waals surface area (Å²) in [7, 11) is 0. The highest BCUT2D eigenvalue weighted by Gasteiger charge is 2.18. The molecule has 0 aliphatic heterocycles. The number of pyridine rings is 1. The molecule has 0 radical (unpaired) electrons. The second kappa shape index (κ2) is 4.45. The SMILES string of the molecule is Cc1cc(C)[n+](-c2ccccc2)c2[nH]c(=O)[nH]c(=O)c12. The van der Waals surface area contributed by atoms with Crippen LogP contribution in [0.25, 0.3) is 16.7 Å². The number of aromatic nitrogens is 3. The maximum atomic E-state index is 12.0. The quantitative estimate of drug-likeness (QED) is 0.649. The van der Waals surface area contributed by atoms with Crippen LogP contribution in [0.5, 0.6) is 0 Å². The molecule has 1 aromatic carbocycles. The van der Waals surface area contributed by atoms with E-state index in [1.54, 1.807) is 0 Å². The van der Waals surface area contributed by atoms with Crippen LogP contribution in [0.3, 0.4) is 0 Å². The van der Waals surface area contributed by atoms with E-state index < -0.39 is 5.69 Å². The summed E-state index contributed by atoms with van der Waals surface area (Å²) in [4.78, 5) is 28.6. The van der Waals surface area contributed by atoms with Crippen molar-refractivity contribution in [2.75, 3.05) is 0 Å². The lowest BCUT2D eigenvalue weighted by atomic mass is 10.1. The number of hydrogen-bond acceptors (Lipinski definition) is 2. The summed E-state index contributed by atoms with van der Waals surface area (Å²) in [6.45, 7) is 3.80. The number of rotatable bonds is 1. The van der Waals surface area contributed by atoms with Crippen LogP contribution in [-0.4, -0.2) is 9.97 Å². The zero-order chi connectivity index (χ0) is 14.3. The highest BCUT2D eigenvalue weighted by molar-refractivity contribution is 5.74. The summed E-state index contributed by atoms with van der Waals surface area (Å²) < 4.78 is 1.87. The first-order chi connectivity index (χ1) is 9.58. The molecule has 0 bridgehead atoms. The van der Waals surface area contributed by atoms with Gasteiger partial charge in [0.05, 0.1) is 0 Å². The van der Waals surface area contributed by atoms with Gasteiger partial charge in [-0.25, -0.2) is 4.79 Å². The van der Waals surface area contributed by atoms with Crippen molar-refractivity contribution in [1.82, 2.24) is 9.97 Å². The molecular weight excluding hydrogens is 254 g/mol. The number of benzene rings is 1. The molecule has 100 valence electrons. The predicted molar refractivity (Wildman–Crippen MR) is 76.2 cm³/mol. The van der Waals surface area contributed by atoms with Crippen molar-refractivity contribution >= 4 is 11.0 Å². The summed E-state index contributed by atoms with van der Waals surface area (Å²) >= 11 is 0. The molecular formula is C15H14N3O2+. The third-order valence-electron chi connectivity index (χ3n) is 3.33. The van der Waals surface area contributed by atoms with Gasteiger partial charge in [0.15, 0.2) is 0 Å². The zero-order valence-corrected chi connectivity index (χ0v) is 11.2. The van der Waals surface area contributed by atoms with Crippen molar-refractivity contribution in [3.8, 4) is 5.69 Å². The van der Waals surface area contributed by atoms with E-state index >= 15 is 0 Å². The monoisotopic (exact) mass is 268 g/mol. The Morgan fingerprint density at radius 1 is 1.00 bits per heavy atom. The number of aromatic amines is 2. The molecule has 0 aliphatic rings. The van der Waals surface area contributed by atoms with Gasteiger partial charge in [-0.05, 0) is 37.6 Å². The summed E-state index contributed by atoms with van der Waals surface area (Å²) in [5.74, 6) is 0. The third-order valence-corrected chi connectivity index (χ3v) is 3.33. The van der Waals surface area contributed by atoms with Gasteiger partial charge < -0.3 is 0 Å². The number of hydrogen-bond donors (Lipinski definition) is 2. The fourth-order valence-corrected chi connectivity index (χ4v) is 2.54. The average molecular weight is 268 g/mol. The zero-order valence-electron chi connectivity index (χ0n) is 11.2. The molecule has 20 heavy (non-hydrogen) atoms. The van der Waals surface area contributed by atoms with Crippen LogP contribution in [0.15, 0.2) is 46.0 Å². The molecule has 5 nitrogen and oxygen atoms in total. The largest absolute Gasteiger partial charge is 0.413 e. The van der Waals surface area contributed by atoms with E-state index in [1.165, 1.54) is 0 Å². The van der Waals surface area contributed by atoms with E-state index in [2.05, 4.69) is 9.97 Å². The fourth-order valence-electron chi connectivity index (χ4n) is 2.54. The first kappa shape index (κ1) is 12.3. The van der Waals surface area contributed by atoms with Gasteiger partial charge in [0.2, 0.25) is 0 Å². The maximum absolute atomic E-state index is 12.0. The minimum Gasteiger partial charge on any atom is -0.268 e. The average Bonchev–Trinajstić information content (AvgIpc) is 2.38. The summed E-state index contributed by atoms with van der Waals surface area (Å²) in [5.41, 5.74) is 2.33. The number of nitrogens with one attached hydrogen (secondary N) is 2. The van der Waals surface area contributed by atoms with Crippen molar-refractivity contribution in [3.05, 3.63) is 68.5 Å². The molecule has 2 N–H and O–H groups in total. The molecule has 5 heteroatoms. The van der Waals surface area contributed by atoms with Crippen molar-refractivity contribution in [2.45, 2.75) is 13.8 Å². The van der Waals surface area contributed by atoms with Crippen LogP contribution >= 0.6 is 0 Å². The maximum Gasteiger partial charge on any atom is 0.413 e. The minimum atomic E-state index is -0.503. The second-order valence-corrected chi connectivity index (χ2v) is 4.77. The van der Waals surface area contributed by atoms with Crippen molar-refractivity contribution < 1.29 is 4.57 Å². The van der Waals surface area contributed by atoms with E-state index in [0.29, 0.717) is 11.0 Å². The number of para-hydroxylation sites is 1. The lowest BCUT2D eigenvalue weighted by molar-refractivity contribution is -0.576. The third kappa shape index (κ3) is 1.84. The minimum absolute atomic E-state index is 0.370. The van der Waals surface area contributed by atoms with Crippen LogP contribution in [0.4, 0.5) is 0 Å². The Kier molecular flexibility index (Phi) is 2.75. The highest BCUT2D eigenvalue weighted by atomic mass is 16.2. The van der Waals surface area contributed by atoms with Crippen LogP contribution in [-0.2, 0) is 0 Å². The number of nitrogens with zero attached hydrogens (tertiary/aromatic N) is 1. The Balaban J connectivity index is 2.56. The van der Waals surface area contributed by atoms with Crippen LogP contribution < -0.4 is 15.8 Å². The summed E-state index contributed by atoms with van der Waals surface area (Å²) in [6.07, 6.45) is 0. The van der Waals surface area contributed by atoms with E-state index in [1.807, 2.05) is 54.8 Å². The van der Waals surface area contributed by atoms with Gasteiger partial charge in [0.25, 0.3) is 5.56 Å². The predicted octanol–water partition coefficient (Wildman–Crippen LogP) is 1.11. The van der Waals surface area contributed by atoms with Crippen LogP contribution in [0.2, 0.25) is 0 Å². The molecule has 3 aromatic rings. The molecule has 3 rings (SSSR count).